The quantitative estimate of drug-likeness (QED) is 0.915. The Balaban J connectivity index is 1.68. The van der Waals surface area contributed by atoms with Crippen LogP contribution in [0.3, 0.4) is 0 Å². The molecule has 2 atom stereocenters. The minimum absolute atomic E-state index is 0.0966. The number of aromatic nitrogens is 1. The van der Waals surface area contributed by atoms with Crippen molar-refractivity contribution in [2.75, 3.05) is 13.1 Å². The molecule has 118 valence electrons. The summed E-state index contributed by atoms with van der Waals surface area (Å²) in [6.07, 6.45) is 5.96. The van der Waals surface area contributed by atoms with Gasteiger partial charge >= 0.3 is 0 Å². The van der Waals surface area contributed by atoms with Gasteiger partial charge in [-0.1, -0.05) is 25.1 Å². The number of nitrogens with one attached hydrogen (secondary N) is 1. The first-order valence-corrected chi connectivity index (χ1v) is 8.24. The van der Waals surface area contributed by atoms with Gasteiger partial charge in [0.15, 0.2) is 0 Å². The van der Waals surface area contributed by atoms with E-state index in [4.69, 9.17) is 5.73 Å². The van der Waals surface area contributed by atoms with Gasteiger partial charge < -0.3 is 15.6 Å². The predicted molar refractivity (Wildman–Crippen MR) is 89.6 cm³/mol. The first kappa shape index (κ1) is 15.1. The van der Waals surface area contributed by atoms with Crippen molar-refractivity contribution in [1.82, 2.24) is 9.88 Å². The second kappa shape index (κ2) is 6.53. The van der Waals surface area contributed by atoms with E-state index in [-0.39, 0.29) is 5.91 Å². The fourth-order valence-corrected chi connectivity index (χ4v) is 3.34. The molecule has 22 heavy (non-hydrogen) atoms. The van der Waals surface area contributed by atoms with E-state index in [0.29, 0.717) is 12.3 Å². The van der Waals surface area contributed by atoms with E-state index in [1.54, 1.807) is 0 Å². The normalized spacial score (nSPS) is 20.8. The molecule has 1 unspecified atom stereocenters. The number of H-pyrrole nitrogens is 1. The van der Waals surface area contributed by atoms with Crippen molar-refractivity contribution in [3.63, 3.8) is 0 Å². The van der Waals surface area contributed by atoms with Crippen LogP contribution in [0.4, 0.5) is 0 Å². The number of para-hydroxylation sites is 1. The maximum absolute atomic E-state index is 12.6. The molecule has 4 nitrogen and oxygen atoms in total. The van der Waals surface area contributed by atoms with Crippen LogP contribution in [0.2, 0.25) is 0 Å². The molecule has 1 aromatic carbocycles. The predicted octanol–water partition coefficient (Wildman–Crippen LogP) is 2.69. The van der Waals surface area contributed by atoms with Crippen LogP contribution < -0.4 is 5.73 Å². The van der Waals surface area contributed by atoms with E-state index < -0.39 is 6.04 Å². The number of rotatable bonds is 3. The van der Waals surface area contributed by atoms with Gasteiger partial charge in [-0.15, -0.1) is 0 Å². The number of carbonyl (C=O) groups excluding carboxylic acids is 1. The van der Waals surface area contributed by atoms with E-state index in [2.05, 4.69) is 18.0 Å². The van der Waals surface area contributed by atoms with Gasteiger partial charge in [0.1, 0.15) is 0 Å². The van der Waals surface area contributed by atoms with Crippen LogP contribution in [0, 0.1) is 5.92 Å². The molecule has 2 heterocycles. The monoisotopic (exact) mass is 299 g/mol. The van der Waals surface area contributed by atoms with Crippen molar-refractivity contribution in [3.8, 4) is 0 Å². The van der Waals surface area contributed by atoms with Crippen molar-refractivity contribution in [1.29, 1.82) is 0 Å². The van der Waals surface area contributed by atoms with Crippen molar-refractivity contribution < 1.29 is 4.79 Å². The molecule has 3 rings (SSSR count). The Hall–Kier alpha value is -1.81. The van der Waals surface area contributed by atoms with Crippen LogP contribution in [-0.4, -0.2) is 34.9 Å². The minimum atomic E-state index is -0.451. The van der Waals surface area contributed by atoms with Gasteiger partial charge in [0, 0.05) is 30.2 Å². The number of aromatic amines is 1. The summed E-state index contributed by atoms with van der Waals surface area (Å²) in [5, 5.41) is 1.16. The second-order valence-corrected chi connectivity index (χ2v) is 6.53. The maximum atomic E-state index is 12.6. The topological polar surface area (TPSA) is 62.1 Å². The van der Waals surface area contributed by atoms with Crippen LogP contribution in [0.5, 0.6) is 0 Å². The lowest BCUT2D eigenvalue weighted by Gasteiger charge is -2.24. The second-order valence-electron chi connectivity index (χ2n) is 6.53. The average molecular weight is 299 g/mol. The number of fused-ring (bicyclic) bond motifs is 1. The van der Waals surface area contributed by atoms with Gasteiger partial charge in [0.05, 0.1) is 6.04 Å². The minimum Gasteiger partial charge on any atom is -0.361 e. The van der Waals surface area contributed by atoms with E-state index in [1.165, 1.54) is 6.42 Å². The molecule has 1 fully saturated rings. The highest BCUT2D eigenvalue weighted by Gasteiger charge is 2.24. The Morgan fingerprint density at radius 1 is 1.36 bits per heavy atom. The Labute approximate surface area is 131 Å². The highest BCUT2D eigenvalue weighted by Crippen LogP contribution is 2.20. The molecular weight excluding hydrogens is 274 g/mol. The van der Waals surface area contributed by atoms with Crippen LogP contribution in [-0.2, 0) is 11.2 Å². The Morgan fingerprint density at radius 3 is 3.05 bits per heavy atom. The number of carbonyl (C=O) groups is 1. The van der Waals surface area contributed by atoms with Gasteiger partial charge in [0.25, 0.3) is 0 Å². The summed E-state index contributed by atoms with van der Waals surface area (Å²) in [4.78, 5) is 17.8. The molecular formula is C18H25N3O. The van der Waals surface area contributed by atoms with E-state index in [9.17, 15) is 4.79 Å². The van der Waals surface area contributed by atoms with Gasteiger partial charge in [0.2, 0.25) is 5.91 Å². The van der Waals surface area contributed by atoms with Crippen LogP contribution in [0.15, 0.2) is 30.5 Å². The maximum Gasteiger partial charge on any atom is 0.239 e. The molecule has 0 radical (unpaired) electrons. The molecule has 1 aliphatic rings. The lowest BCUT2D eigenvalue weighted by atomic mass is 10.0. The highest BCUT2D eigenvalue weighted by molar-refractivity contribution is 5.86. The fraction of sp³-hybridized carbons (Fsp3) is 0.500. The van der Waals surface area contributed by atoms with Crippen molar-refractivity contribution in [2.24, 2.45) is 11.7 Å². The lowest BCUT2D eigenvalue weighted by Crippen LogP contribution is -2.45. The zero-order chi connectivity index (χ0) is 15.5. The molecule has 0 aliphatic carbocycles. The lowest BCUT2D eigenvalue weighted by molar-refractivity contribution is -0.132. The summed E-state index contributed by atoms with van der Waals surface area (Å²) in [5.41, 5.74) is 8.43. The molecule has 1 amide bonds. The third-order valence-corrected chi connectivity index (χ3v) is 4.76. The van der Waals surface area contributed by atoms with E-state index in [1.807, 2.05) is 29.3 Å². The summed E-state index contributed by atoms with van der Waals surface area (Å²) in [6.45, 7) is 3.96. The van der Waals surface area contributed by atoms with Gasteiger partial charge in [-0.2, -0.15) is 0 Å². The zero-order valence-electron chi connectivity index (χ0n) is 13.2. The third-order valence-electron chi connectivity index (χ3n) is 4.76. The number of hydrogen-bond donors (Lipinski definition) is 2. The standard InChI is InChI=1S/C18H25N3O/c1-13-5-4-9-21(10-8-13)18(22)16(19)11-14-12-20-17-7-3-2-6-15(14)17/h2-3,6-7,12-13,16,20H,4-5,8-11,19H2,1H3/t13?,16-/m0/s1. The van der Waals surface area contributed by atoms with Crippen molar-refractivity contribution in [3.05, 3.63) is 36.0 Å². The molecule has 1 saturated heterocycles. The van der Waals surface area contributed by atoms with Gasteiger partial charge in [-0.25, -0.2) is 0 Å². The van der Waals surface area contributed by atoms with Crippen LogP contribution >= 0.6 is 0 Å². The third kappa shape index (κ3) is 3.17. The molecule has 1 aromatic heterocycles. The molecule has 3 N–H and O–H groups in total. The molecule has 0 bridgehead atoms. The Kier molecular flexibility index (Phi) is 4.48. The molecule has 0 saturated carbocycles. The molecule has 0 spiro atoms. The number of nitrogens with two attached hydrogens (primary N) is 1. The van der Waals surface area contributed by atoms with Crippen LogP contribution in [0.1, 0.15) is 31.7 Å². The number of benzene rings is 1. The number of hydrogen-bond acceptors (Lipinski definition) is 2. The summed E-state index contributed by atoms with van der Waals surface area (Å²) in [5.74, 6) is 0.807. The Morgan fingerprint density at radius 2 is 2.18 bits per heavy atom. The van der Waals surface area contributed by atoms with E-state index >= 15 is 0 Å². The first-order valence-electron chi connectivity index (χ1n) is 8.24. The summed E-state index contributed by atoms with van der Waals surface area (Å²) in [6, 6.07) is 7.69. The molecule has 4 heteroatoms. The van der Waals surface area contributed by atoms with Crippen LogP contribution in [0.25, 0.3) is 10.9 Å². The van der Waals surface area contributed by atoms with Gasteiger partial charge in [-0.05, 0) is 43.2 Å². The largest absolute Gasteiger partial charge is 0.361 e. The summed E-state index contributed by atoms with van der Waals surface area (Å²) < 4.78 is 0. The summed E-state index contributed by atoms with van der Waals surface area (Å²) in [7, 11) is 0. The number of nitrogens with zero attached hydrogens (tertiary/aromatic N) is 1. The van der Waals surface area contributed by atoms with Crippen molar-refractivity contribution in [2.45, 2.75) is 38.6 Å². The first-order chi connectivity index (χ1) is 10.6. The number of amides is 1. The highest BCUT2D eigenvalue weighted by atomic mass is 16.2. The van der Waals surface area contributed by atoms with E-state index in [0.717, 1.165) is 42.4 Å². The molecule has 2 aromatic rings. The number of likely N-dealkylation sites (tertiary alicyclic amines) is 1. The molecule has 1 aliphatic heterocycles. The average Bonchev–Trinajstić information content (AvgIpc) is 2.80. The smallest absolute Gasteiger partial charge is 0.239 e. The Bertz CT molecular complexity index is 649. The van der Waals surface area contributed by atoms with Crippen molar-refractivity contribution >= 4 is 16.8 Å². The zero-order valence-corrected chi connectivity index (χ0v) is 13.2. The fourth-order valence-electron chi connectivity index (χ4n) is 3.34. The van der Waals surface area contributed by atoms with Gasteiger partial charge in [-0.3, -0.25) is 4.79 Å². The SMILES string of the molecule is CC1CCCN(C(=O)[C@@H](N)Cc2c[nH]c3ccccc23)CC1. The summed E-state index contributed by atoms with van der Waals surface area (Å²) >= 11 is 0.